The lowest BCUT2D eigenvalue weighted by atomic mass is 10.1. The van der Waals surface area contributed by atoms with Crippen molar-refractivity contribution in [3.05, 3.63) is 74.6 Å². The molecule has 1 aliphatic rings. The number of aromatic nitrogens is 1. The van der Waals surface area contributed by atoms with E-state index in [1.807, 2.05) is 26.0 Å². The number of aryl methyl sites for hydroxylation is 1. The number of aliphatic hydroxyl groups is 1. The molecule has 9 nitrogen and oxygen atoms in total. The van der Waals surface area contributed by atoms with E-state index in [-0.39, 0.29) is 35.5 Å². The summed E-state index contributed by atoms with van der Waals surface area (Å²) >= 11 is 1.11. The van der Waals surface area contributed by atoms with Gasteiger partial charge in [0.25, 0.3) is 11.5 Å². The van der Waals surface area contributed by atoms with Crippen LogP contribution in [0.5, 0.6) is 0 Å². The zero-order chi connectivity index (χ0) is 25.1. The molecule has 0 radical (unpaired) electrons. The minimum Gasteiger partial charge on any atom is -0.396 e. The molecule has 10 heteroatoms. The molecule has 4 rings (SSSR count). The number of carbonyl (C=O) groups excluding carboxylic acids is 1. The van der Waals surface area contributed by atoms with Crippen LogP contribution in [0.4, 0.5) is 16.4 Å². The van der Waals surface area contributed by atoms with Crippen molar-refractivity contribution in [2.45, 2.75) is 32.7 Å². The summed E-state index contributed by atoms with van der Waals surface area (Å²) in [6, 6.07) is 12.8. The van der Waals surface area contributed by atoms with Crippen molar-refractivity contribution >= 4 is 39.7 Å². The lowest BCUT2D eigenvalue weighted by Gasteiger charge is -2.19. The Labute approximate surface area is 206 Å². The van der Waals surface area contributed by atoms with E-state index >= 15 is 0 Å². The van der Waals surface area contributed by atoms with Gasteiger partial charge >= 0.3 is 0 Å². The second-order valence-corrected chi connectivity index (χ2v) is 9.21. The number of H-pyrrole nitrogens is 1. The summed E-state index contributed by atoms with van der Waals surface area (Å²) in [5, 5.41) is 22.2. The molecule has 2 aromatic carbocycles. The summed E-state index contributed by atoms with van der Waals surface area (Å²) in [6.07, 6.45) is 1.10. The smallest absolute Gasteiger partial charge is 0.271 e. The number of aliphatic hydroxyl groups excluding tert-OH is 1. The van der Waals surface area contributed by atoms with Crippen molar-refractivity contribution in [3.63, 3.8) is 0 Å². The Kier molecular flexibility index (Phi) is 7.00. The third-order valence-electron chi connectivity index (χ3n) is 5.97. The molecule has 5 N–H and O–H groups in total. The van der Waals surface area contributed by atoms with Crippen molar-refractivity contribution in [2.75, 3.05) is 23.4 Å². The van der Waals surface area contributed by atoms with Gasteiger partial charge in [-0.2, -0.15) is 5.26 Å². The van der Waals surface area contributed by atoms with Crippen molar-refractivity contribution in [1.82, 2.24) is 4.37 Å². The second kappa shape index (κ2) is 10.1. The van der Waals surface area contributed by atoms with Crippen LogP contribution in [-0.4, -0.2) is 40.4 Å². The minimum absolute atomic E-state index is 0.0180. The lowest BCUT2D eigenvalue weighted by molar-refractivity contribution is 0.0989. The van der Waals surface area contributed by atoms with E-state index in [0.717, 1.165) is 28.3 Å². The van der Waals surface area contributed by atoms with Crippen LogP contribution in [0.1, 0.15) is 46.0 Å². The third kappa shape index (κ3) is 4.82. The molecule has 2 heterocycles. The van der Waals surface area contributed by atoms with Gasteiger partial charge in [-0.3, -0.25) is 19.0 Å². The standard InChI is InChI=1S/C25H26N6O3S/c1-14-12-17(29-24-21(23(33)30-35-24)22(27)28-15(2)9-11-32)6-7-18(14)25(34)31-10-8-19-16(13-26)4-3-5-20(19)31/h3-7,12,15,29,32H,8-11H2,1-2H3,(H2,27,28)(H,30,33). The molecular formula is C25H26N6O3S. The number of hydrogen-bond acceptors (Lipinski definition) is 7. The molecule has 0 saturated carbocycles. The molecule has 180 valence electrons. The molecule has 1 unspecified atom stereocenters. The van der Waals surface area contributed by atoms with Crippen LogP contribution in [0.2, 0.25) is 0 Å². The van der Waals surface area contributed by atoms with E-state index in [1.165, 1.54) is 0 Å². The van der Waals surface area contributed by atoms with Gasteiger partial charge in [0.2, 0.25) is 0 Å². The van der Waals surface area contributed by atoms with Crippen LogP contribution < -0.4 is 21.5 Å². The number of carbonyl (C=O) groups is 1. The highest BCUT2D eigenvalue weighted by molar-refractivity contribution is 7.10. The SMILES string of the molecule is Cc1cc(Nc2s[nH]c(=O)c2C(N)=NC(C)CCO)ccc1C(=O)N1CCc2c(C#N)cccc21. The predicted molar refractivity (Wildman–Crippen MR) is 138 cm³/mol. The van der Waals surface area contributed by atoms with Crippen molar-refractivity contribution in [2.24, 2.45) is 10.7 Å². The number of amidine groups is 1. The zero-order valence-electron chi connectivity index (χ0n) is 19.5. The van der Waals surface area contributed by atoms with E-state index < -0.39 is 0 Å². The predicted octanol–water partition coefficient (Wildman–Crippen LogP) is 3.04. The Balaban J connectivity index is 1.57. The van der Waals surface area contributed by atoms with Crippen LogP contribution in [0.15, 0.2) is 46.2 Å². The fraction of sp³-hybridized carbons (Fsp3) is 0.280. The number of rotatable bonds is 7. The van der Waals surface area contributed by atoms with E-state index in [2.05, 4.69) is 20.8 Å². The molecule has 0 bridgehead atoms. The summed E-state index contributed by atoms with van der Waals surface area (Å²) in [7, 11) is 0. The average Bonchev–Trinajstić information content (AvgIpc) is 3.42. The number of aliphatic imine (C=N–C) groups is 1. The number of amides is 1. The monoisotopic (exact) mass is 490 g/mol. The summed E-state index contributed by atoms with van der Waals surface area (Å²) < 4.78 is 2.67. The Morgan fingerprint density at radius 3 is 2.91 bits per heavy atom. The topological polar surface area (TPSA) is 148 Å². The maximum atomic E-state index is 13.3. The summed E-state index contributed by atoms with van der Waals surface area (Å²) in [5.41, 5.74) is 10.3. The fourth-order valence-corrected chi connectivity index (χ4v) is 4.95. The van der Waals surface area contributed by atoms with Gasteiger partial charge in [0.1, 0.15) is 16.4 Å². The summed E-state index contributed by atoms with van der Waals surface area (Å²) in [5.74, 6) is -0.0203. The Bertz CT molecular complexity index is 1400. The Morgan fingerprint density at radius 1 is 1.40 bits per heavy atom. The zero-order valence-corrected chi connectivity index (χ0v) is 20.3. The summed E-state index contributed by atoms with van der Waals surface area (Å²) in [6.45, 7) is 4.18. The molecule has 3 aromatic rings. The summed E-state index contributed by atoms with van der Waals surface area (Å²) in [4.78, 5) is 31.7. The third-order valence-corrected chi connectivity index (χ3v) is 6.77. The minimum atomic E-state index is -0.345. The fourth-order valence-electron chi connectivity index (χ4n) is 4.18. The van der Waals surface area contributed by atoms with Crippen LogP contribution >= 0.6 is 11.5 Å². The van der Waals surface area contributed by atoms with Crippen LogP contribution in [-0.2, 0) is 6.42 Å². The first-order chi connectivity index (χ1) is 16.8. The van der Waals surface area contributed by atoms with Gasteiger partial charge in [-0.15, -0.1) is 0 Å². The van der Waals surface area contributed by atoms with E-state index in [4.69, 9.17) is 10.8 Å². The van der Waals surface area contributed by atoms with E-state index in [1.54, 1.807) is 29.2 Å². The molecule has 1 aliphatic heterocycles. The van der Waals surface area contributed by atoms with Gasteiger partial charge in [-0.25, -0.2) is 0 Å². The molecule has 0 fully saturated rings. The molecule has 0 saturated heterocycles. The first kappa shape index (κ1) is 24.2. The lowest BCUT2D eigenvalue weighted by Crippen LogP contribution is -2.29. The van der Waals surface area contributed by atoms with Crippen molar-refractivity contribution in [1.29, 1.82) is 5.26 Å². The number of aromatic amines is 1. The first-order valence-corrected chi connectivity index (χ1v) is 12.0. The van der Waals surface area contributed by atoms with Gasteiger partial charge in [0.05, 0.1) is 17.7 Å². The van der Waals surface area contributed by atoms with Gasteiger partial charge < -0.3 is 21.1 Å². The van der Waals surface area contributed by atoms with Crippen LogP contribution in [0.3, 0.4) is 0 Å². The number of benzene rings is 2. The number of nitrogens with two attached hydrogens (primary N) is 1. The number of anilines is 3. The van der Waals surface area contributed by atoms with Crippen molar-refractivity contribution < 1.29 is 9.90 Å². The quantitative estimate of drug-likeness (QED) is 0.296. The highest BCUT2D eigenvalue weighted by Gasteiger charge is 2.28. The largest absolute Gasteiger partial charge is 0.396 e. The molecular weight excluding hydrogens is 464 g/mol. The molecule has 35 heavy (non-hydrogen) atoms. The van der Waals surface area contributed by atoms with Crippen LogP contribution in [0, 0.1) is 18.3 Å². The van der Waals surface area contributed by atoms with E-state index in [9.17, 15) is 14.9 Å². The molecule has 0 aliphatic carbocycles. The maximum Gasteiger partial charge on any atom is 0.271 e. The highest BCUT2D eigenvalue weighted by Crippen LogP contribution is 2.32. The first-order valence-electron chi connectivity index (χ1n) is 11.2. The number of nitrogens with zero attached hydrogens (tertiary/aromatic N) is 3. The van der Waals surface area contributed by atoms with Gasteiger partial charge in [-0.1, -0.05) is 6.07 Å². The van der Waals surface area contributed by atoms with Gasteiger partial charge in [0, 0.05) is 30.1 Å². The molecule has 1 amide bonds. The van der Waals surface area contributed by atoms with Gasteiger partial charge in [-0.05, 0) is 79.7 Å². The Hall–Kier alpha value is -3.94. The van der Waals surface area contributed by atoms with Gasteiger partial charge in [0.15, 0.2) is 0 Å². The normalized spacial score (nSPS) is 13.9. The Morgan fingerprint density at radius 2 is 2.20 bits per heavy atom. The number of fused-ring (bicyclic) bond motifs is 1. The molecule has 1 atom stereocenters. The number of nitriles is 1. The molecule has 1 aromatic heterocycles. The maximum absolute atomic E-state index is 13.3. The average molecular weight is 491 g/mol. The number of nitrogens with one attached hydrogen (secondary N) is 2. The highest BCUT2D eigenvalue weighted by atomic mass is 32.1. The number of hydrogen-bond donors (Lipinski definition) is 4. The van der Waals surface area contributed by atoms with E-state index in [0.29, 0.717) is 41.2 Å². The van der Waals surface area contributed by atoms with Crippen molar-refractivity contribution in [3.8, 4) is 6.07 Å². The second-order valence-electron chi connectivity index (χ2n) is 8.39. The van der Waals surface area contributed by atoms with Crippen LogP contribution in [0.25, 0.3) is 0 Å². The molecule has 0 spiro atoms.